The fourth-order valence-electron chi connectivity index (χ4n) is 6.35. The minimum Gasteiger partial charge on any atom is -0.461 e. The van der Waals surface area contributed by atoms with Crippen LogP contribution in [0.3, 0.4) is 0 Å². The van der Waals surface area contributed by atoms with Crippen molar-refractivity contribution in [3.8, 4) is 0 Å². The zero-order chi connectivity index (χ0) is 24.5. The monoisotopic (exact) mass is 476 g/mol. The fourth-order valence-corrected chi connectivity index (χ4v) is 6.35. The third kappa shape index (κ3) is 4.24. The lowest BCUT2D eigenvalue weighted by Crippen LogP contribution is -2.65. The number of hydrogen-bond donors (Lipinski definition) is 0. The highest BCUT2D eigenvalue weighted by Crippen LogP contribution is 2.62. The van der Waals surface area contributed by atoms with Crippen LogP contribution in [-0.2, 0) is 46.6 Å². The third-order valence-corrected chi connectivity index (χ3v) is 7.73. The summed E-state index contributed by atoms with van der Waals surface area (Å²) in [6, 6.07) is 18.6. The van der Waals surface area contributed by atoms with Gasteiger partial charge in [0.15, 0.2) is 0 Å². The molecule has 2 aromatic carbocycles. The van der Waals surface area contributed by atoms with Crippen LogP contribution in [0.4, 0.5) is 0 Å². The summed E-state index contributed by atoms with van der Waals surface area (Å²) >= 11 is 0. The van der Waals surface area contributed by atoms with Gasteiger partial charge in [-0.05, 0) is 24.0 Å². The van der Waals surface area contributed by atoms with E-state index in [0.717, 1.165) is 11.1 Å². The molecule has 4 atom stereocenters. The maximum atomic E-state index is 13.7. The number of hydrogen-bond acceptors (Lipinski definition) is 7. The third-order valence-electron chi connectivity index (χ3n) is 7.73. The lowest BCUT2D eigenvalue weighted by Gasteiger charge is -2.57. The summed E-state index contributed by atoms with van der Waals surface area (Å²) in [5.74, 6) is -2.38. The fraction of sp³-hybridized carbons (Fsp3) is 0.429. The predicted molar refractivity (Wildman–Crippen MR) is 123 cm³/mol. The van der Waals surface area contributed by atoms with Crippen molar-refractivity contribution in [2.45, 2.75) is 57.8 Å². The van der Waals surface area contributed by atoms with Gasteiger partial charge in [-0.25, -0.2) is 0 Å². The summed E-state index contributed by atoms with van der Waals surface area (Å²) in [4.78, 5) is 52.7. The highest BCUT2D eigenvalue weighted by Gasteiger charge is 2.69. The molecule has 7 heteroatoms. The van der Waals surface area contributed by atoms with Gasteiger partial charge in [-0.3, -0.25) is 19.2 Å². The average Bonchev–Trinajstić information content (AvgIpc) is 2.86. The predicted octanol–water partition coefficient (Wildman–Crippen LogP) is 3.92. The van der Waals surface area contributed by atoms with Crippen molar-refractivity contribution in [1.29, 1.82) is 0 Å². The molecule has 2 aliphatic carbocycles. The molecule has 2 aromatic rings. The van der Waals surface area contributed by atoms with E-state index in [1.165, 1.54) is 0 Å². The zero-order valence-corrected chi connectivity index (χ0v) is 19.4. The minimum absolute atomic E-state index is 0.00215. The lowest BCUT2D eigenvalue weighted by atomic mass is 9.47. The lowest BCUT2D eigenvalue weighted by molar-refractivity contribution is -0.223. The van der Waals surface area contributed by atoms with Crippen LogP contribution in [0.2, 0.25) is 0 Å². The van der Waals surface area contributed by atoms with Crippen molar-refractivity contribution in [3.05, 3.63) is 71.8 Å². The Balaban J connectivity index is 1.46. The molecule has 1 heterocycles. The summed E-state index contributed by atoms with van der Waals surface area (Å²) in [7, 11) is 0. The van der Waals surface area contributed by atoms with Crippen LogP contribution in [0, 0.1) is 16.7 Å². The smallest absolute Gasteiger partial charge is 0.313 e. The summed E-state index contributed by atoms with van der Waals surface area (Å²) in [6.45, 7) is 0.135. The van der Waals surface area contributed by atoms with E-state index in [1.54, 1.807) is 0 Å². The summed E-state index contributed by atoms with van der Waals surface area (Å²) in [5, 5.41) is 0. The Labute approximate surface area is 203 Å². The second-order valence-electron chi connectivity index (χ2n) is 9.89. The number of carbonyl (C=O) groups excluding carboxylic acids is 4. The second kappa shape index (κ2) is 9.29. The first kappa shape index (κ1) is 23.3. The molecule has 2 saturated carbocycles. The normalized spacial score (nSPS) is 29.5. The van der Waals surface area contributed by atoms with Crippen LogP contribution in [0.15, 0.2) is 60.7 Å². The van der Waals surface area contributed by atoms with Gasteiger partial charge in [-0.1, -0.05) is 67.1 Å². The molecule has 0 N–H and O–H groups in total. The molecule has 3 fully saturated rings. The molecule has 5 rings (SSSR count). The minimum atomic E-state index is -1.22. The standard InChI is InChI=1S/C28H28O7/c29-21-14-22-24-27(15-21,25(31)33-17-19-8-3-1-4-9-19)12-7-13-28(24,16-23(30)35-22)26(32)34-18-20-10-5-2-6-11-20/h1-6,8-11,22,24H,7,12-18H2. The number of ketones is 1. The SMILES string of the molecule is O=C1CC2OC(=O)CC3(C(=O)OCc4ccccc4)CCCC(C(=O)OCc4ccccc4)(C1)C23. The van der Waals surface area contributed by atoms with Gasteiger partial charge >= 0.3 is 17.9 Å². The maximum absolute atomic E-state index is 13.7. The number of esters is 3. The van der Waals surface area contributed by atoms with Crippen molar-refractivity contribution >= 4 is 23.7 Å². The van der Waals surface area contributed by atoms with Crippen molar-refractivity contribution in [2.75, 3.05) is 0 Å². The Morgan fingerprint density at radius 1 is 0.800 bits per heavy atom. The number of rotatable bonds is 6. The van der Waals surface area contributed by atoms with E-state index in [9.17, 15) is 19.2 Å². The van der Waals surface area contributed by atoms with Crippen LogP contribution in [0.5, 0.6) is 0 Å². The zero-order valence-electron chi connectivity index (χ0n) is 19.4. The van der Waals surface area contributed by atoms with Crippen molar-refractivity contribution in [3.63, 3.8) is 0 Å². The van der Waals surface area contributed by atoms with Gasteiger partial charge in [-0.15, -0.1) is 0 Å². The average molecular weight is 477 g/mol. The summed E-state index contributed by atoms with van der Waals surface area (Å²) in [5.41, 5.74) is -0.787. The molecule has 0 spiro atoms. The molecular formula is C28H28O7. The molecule has 1 aliphatic heterocycles. The second-order valence-corrected chi connectivity index (χ2v) is 9.89. The molecule has 0 radical (unpaired) electrons. The number of Topliss-reactive ketones (excluding diaryl/α,β-unsaturated/α-hetero) is 1. The summed E-state index contributed by atoms with van der Waals surface area (Å²) in [6.07, 6.45) is 0.281. The molecule has 0 amide bonds. The van der Waals surface area contributed by atoms with E-state index in [-0.39, 0.29) is 38.3 Å². The van der Waals surface area contributed by atoms with Gasteiger partial charge in [0.1, 0.15) is 25.1 Å². The van der Waals surface area contributed by atoms with E-state index in [2.05, 4.69) is 0 Å². The highest BCUT2D eigenvalue weighted by molar-refractivity contribution is 5.93. The Hall–Kier alpha value is -3.48. The molecule has 0 aromatic heterocycles. The first-order chi connectivity index (χ1) is 16.9. The number of ether oxygens (including phenoxy) is 3. The van der Waals surface area contributed by atoms with E-state index >= 15 is 0 Å². The highest BCUT2D eigenvalue weighted by atomic mass is 16.6. The van der Waals surface area contributed by atoms with E-state index in [0.29, 0.717) is 19.3 Å². The number of benzene rings is 2. The van der Waals surface area contributed by atoms with Crippen LogP contribution in [0.1, 0.15) is 49.7 Å². The molecule has 182 valence electrons. The molecule has 35 heavy (non-hydrogen) atoms. The molecule has 1 saturated heterocycles. The molecule has 7 nitrogen and oxygen atoms in total. The van der Waals surface area contributed by atoms with Crippen LogP contribution in [-0.4, -0.2) is 29.8 Å². The number of carbonyl (C=O) groups is 4. The quantitative estimate of drug-likeness (QED) is 0.460. The Kier molecular flexibility index (Phi) is 6.17. The van der Waals surface area contributed by atoms with Crippen molar-refractivity contribution in [2.24, 2.45) is 16.7 Å². The Morgan fingerprint density at radius 2 is 1.31 bits per heavy atom. The van der Waals surface area contributed by atoms with Crippen molar-refractivity contribution < 1.29 is 33.4 Å². The van der Waals surface area contributed by atoms with E-state index in [1.807, 2.05) is 60.7 Å². The Bertz CT molecular complexity index is 1040. The molecule has 4 unspecified atom stereocenters. The Morgan fingerprint density at radius 3 is 1.86 bits per heavy atom. The van der Waals surface area contributed by atoms with Gasteiger partial charge in [-0.2, -0.15) is 0 Å². The van der Waals surface area contributed by atoms with Crippen molar-refractivity contribution in [1.82, 2.24) is 0 Å². The molecule has 0 bridgehead atoms. The first-order valence-corrected chi connectivity index (χ1v) is 12.1. The summed E-state index contributed by atoms with van der Waals surface area (Å²) < 4.78 is 17.1. The van der Waals surface area contributed by atoms with Gasteiger partial charge < -0.3 is 14.2 Å². The van der Waals surface area contributed by atoms with E-state index in [4.69, 9.17) is 14.2 Å². The van der Waals surface area contributed by atoms with E-state index < -0.39 is 40.8 Å². The first-order valence-electron chi connectivity index (χ1n) is 12.1. The van der Waals surface area contributed by atoms with Crippen LogP contribution >= 0.6 is 0 Å². The molecule has 3 aliphatic rings. The van der Waals surface area contributed by atoms with Gasteiger partial charge in [0.25, 0.3) is 0 Å². The largest absolute Gasteiger partial charge is 0.461 e. The molecular weight excluding hydrogens is 448 g/mol. The van der Waals surface area contributed by atoms with Gasteiger partial charge in [0.05, 0.1) is 17.3 Å². The van der Waals surface area contributed by atoms with Gasteiger partial charge in [0, 0.05) is 18.8 Å². The van der Waals surface area contributed by atoms with Gasteiger partial charge in [0.2, 0.25) is 0 Å². The topological polar surface area (TPSA) is 96.0 Å². The maximum Gasteiger partial charge on any atom is 0.313 e. The van der Waals surface area contributed by atoms with Crippen LogP contribution in [0.25, 0.3) is 0 Å². The van der Waals surface area contributed by atoms with Crippen LogP contribution < -0.4 is 0 Å².